The number of rotatable bonds is 3. The highest BCUT2D eigenvalue weighted by atomic mass is 35.5. The zero-order valence-electron chi connectivity index (χ0n) is 17.2. The lowest BCUT2D eigenvalue weighted by Crippen LogP contribution is -2.45. The zero-order valence-corrected chi connectivity index (χ0v) is 18.8. The molecule has 0 amide bonds. The Balaban J connectivity index is 1.26. The van der Waals surface area contributed by atoms with E-state index in [0.717, 1.165) is 59.4 Å². The number of hydrogen-bond acceptors (Lipinski definition) is 8. The molecule has 0 saturated carbocycles. The molecule has 1 saturated heterocycles. The van der Waals surface area contributed by atoms with Crippen LogP contribution < -0.4 is 16.4 Å². The van der Waals surface area contributed by atoms with Crippen LogP contribution in [0.15, 0.2) is 53.2 Å². The summed E-state index contributed by atoms with van der Waals surface area (Å²) in [5.74, 6) is 1.25. The van der Waals surface area contributed by atoms with Crippen LogP contribution in [0, 0.1) is 5.41 Å². The third-order valence-electron chi connectivity index (χ3n) is 6.75. The molecule has 1 fully saturated rings. The molecule has 4 aromatic heterocycles. The lowest BCUT2D eigenvalue weighted by Gasteiger charge is -2.41. The minimum Gasteiger partial charge on any atom is -0.382 e. The van der Waals surface area contributed by atoms with Gasteiger partial charge in [0.2, 0.25) is 0 Å². The van der Waals surface area contributed by atoms with Gasteiger partial charge in [0.25, 0.3) is 0 Å². The molecule has 164 valence electrons. The summed E-state index contributed by atoms with van der Waals surface area (Å²) in [6, 6.07) is 3.92. The van der Waals surface area contributed by atoms with Crippen molar-refractivity contribution in [3.8, 4) is 0 Å². The van der Waals surface area contributed by atoms with Gasteiger partial charge in [-0.25, -0.2) is 15.0 Å². The molecule has 0 aliphatic carbocycles. The van der Waals surface area contributed by atoms with Gasteiger partial charge >= 0.3 is 0 Å². The van der Waals surface area contributed by atoms with Gasteiger partial charge in [0, 0.05) is 42.3 Å². The second-order valence-electron chi connectivity index (χ2n) is 8.42. The fourth-order valence-corrected chi connectivity index (χ4v) is 6.04. The van der Waals surface area contributed by atoms with Crippen LogP contribution in [0.1, 0.15) is 24.6 Å². The zero-order chi connectivity index (χ0) is 21.9. The molecule has 6 rings (SSSR count). The summed E-state index contributed by atoms with van der Waals surface area (Å²) in [6.07, 6.45) is 11.0. The van der Waals surface area contributed by atoms with Gasteiger partial charge < -0.3 is 16.4 Å². The van der Waals surface area contributed by atoms with Crippen molar-refractivity contribution >= 4 is 40.5 Å². The first-order valence-electron chi connectivity index (χ1n) is 10.5. The highest BCUT2D eigenvalue weighted by Crippen LogP contribution is 2.48. The molecule has 0 unspecified atom stereocenters. The van der Waals surface area contributed by atoms with Crippen molar-refractivity contribution in [2.45, 2.75) is 35.3 Å². The van der Waals surface area contributed by atoms with Crippen LogP contribution in [0.25, 0.3) is 5.52 Å². The number of nitrogens with two attached hydrogens (primary N) is 2. The first-order valence-corrected chi connectivity index (χ1v) is 11.7. The van der Waals surface area contributed by atoms with Crippen molar-refractivity contribution in [3.05, 3.63) is 54.0 Å². The number of nitrogen functional groups attached to an aromatic ring is 1. The van der Waals surface area contributed by atoms with Gasteiger partial charge in [0.05, 0.1) is 29.2 Å². The number of piperidine rings is 1. The Morgan fingerprint density at radius 2 is 1.97 bits per heavy atom. The highest BCUT2D eigenvalue weighted by molar-refractivity contribution is 7.99. The van der Waals surface area contributed by atoms with Gasteiger partial charge in [0.1, 0.15) is 22.7 Å². The fraction of sp³-hybridized carbons (Fsp3) is 0.333. The second kappa shape index (κ2) is 7.36. The van der Waals surface area contributed by atoms with Crippen molar-refractivity contribution in [1.29, 1.82) is 0 Å². The van der Waals surface area contributed by atoms with Crippen molar-refractivity contribution < 1.29 is 0 Å². The molecule has 0 bridgehead atoms. The molecule has 2 aliphatic rings. The first-order chi connectivity index (χ1) is 15.6. The lowest BCUT2D eigenvalue weighted by atomic mass is 9.73. The molecular formula is C21H22ClN9S. The van der Waals surface area contributed by atoms with Crippen molar-refractivity contribution in [2.24, 2.45) is 11.1 Å². The number of aromatic nitrogens is 6. The van der Waals surface area contributed by atoms with E-state index in [9.17, 15) is 0 Å². The van der Waals surface area contributed by atoms with E-state index in [-0.39, 0.29) is 11.5 Å². The minimum atomic E-state index is 0.0337. The van der Waals surface area contributed by atoms with Crippen LogP contribution in [0.3, 0.4) is 0 Å². The summed E-state index contributed by atoms with van der Waals surface area (Å²) in [6.45, 7) is 2.68. The van der Waals surface area contributed by atoms with Gasteiger partial charge in [-0.05, 0) is 25.0 Å². The number of hydrogen-bond donors (Lipinski definition) is 2. The standard InChI is InChI=1S/C21H22ClN9S/c22-17-15(2-5-26-19(17)24)32-16-10-27-20(14-9-25-12-30(14)16)29-7-3-21(4-8-29)11-31-13(18(21)23)1-6-28-31/h1-2,5-6,9-10,12,18H,3-4,7-8,11,23H2,(H2,24,26)/t18-/m1/s1. The highest BCUT2D eigenvalue weighted by Gasteiger charge is 2.47. The van der Waals surface area contributed by atoms with Gasteiger partial charge in [-0.15, -0.1) is 0 Å². The van der Waals surface area contributed by atoms with Crippen molar-refractivity contribution in [2.75, 3.05) is 23.7 Å². The van der Waals surface area contributed by atoms with Crippen LogP contribution in [0.5, 0.6) is 0 Å². The van der Waals surface area contributed by atoms with Gasteiger partial charge in [0.15, 0.2) is 5.82 Å². The average Bonchev–Trinajstić information content (AvgIpc) is 3.51. The maximum atomic E-state index is 6.64. The Hall–Kier alpha value is -2.82. The van der Waals surface area contributed by atoms with Gasteiger partial charge in [-0.2, -0.15) is 5.10 Å². The maximum absolute atomic E-state index is 6.64. The fourth-order valence-electron chi connectivity index (χ4n) is 4.92. The summed E-state index contributed by atoms with van der Waals surface area (Å²) in [7, 11) is 0. The van der Waals surface area contributed by atoms with E-state index in [1.165, 1.54) is 11.8 Å². The largest absolute Gasteiger partial charge is 0.382 e. The molecule has 0 radical (unpaired) electrons. The number of nitrogens with zero attached hydrogens (tertiary/aromatic N) is 7. The average molecular weight is 468 g/mol. The van der Waals surface area contributed by atoms with Crippen LogP contribution in [-0.4, -0.2) is 42.2 Å². The molecule has 4 N–H and O–H groups in total. The molecule has 32 heavy (non-hydrogen) atoms. The number of halogens is 1. The number of pyridine rings is 1. The molecule has 0 aromatic carbocycles. The quantitative estimate of drug-likeness (QED) is 0.472. The SMILES string of the molecule is Nc1nccc(Sc2cnc(N3CCC4(CC3)Cn3nccc3[C@H]4N)c3cncn23)c1Cl. The Bertz CT molecular complexity index is 1310. The monoisotopic (exact) mass is 467 g/mol. The van der Waals surface area contributed by atoms with E-state index in [0.29, 0.717) is 10.8 Å². The Morgan fingerprint density at radius 3 is 2.78 bits per heavy atom. The van der Waals surface area contributed by atoms with Crippen molar-refractivity contribution in [1.82, 2.24) is 29.1 Å². The van der Waals surface area contributed by atoms with E-state index < -0.39 is 0 Å². The number of imidazole rings is 1. The lowest BCUT2D eigenvalue weighted by molar-refractivity contribution is 0.170. The normalized spacial score (nSPS) is 19.7. The topological polar surface area (TPSA) is 116 Å². The molecule has 2 aliphatic heterocycles. The van der Waals surface area contributed by atoms with Gasteiger partial charge in [-0.1, -0.05) is 23.4 Å². The van der Waals surface area contributed by atoms with E-state index in [1.54, 1.807) is 12.5 Å². The summed E-state index contributed by atoms with van der Waals surface area (Å²) in [4.78, 5) is 16.4. The summed E-state index contributed by atoms with van der Waals surface area (Å²) in [5, 5.41) is 5.80. The molecule has 11 heteroatoms. The molecule has 6 heterocycles. The van der Waals surface area contributed by atoms with Crippen LogP contribution in [0.4, 0.5) is 11.6 Å². The third-order valence-corrected chi connectivity index (χ3v) is 8.33. The van der Waals surface area contributed by atoms with E-state index in [1.807, 2.05) is 35.1 Å². The van der Waals surface area contributed by atoms with Crippen molar-refractivity contribution in [3.63, 3.8) is 0 Å². The second-order valence-corrected chi connectivity index (χ2v) is 9.86. The minimum absolute atomic E-state index is 0.0337. The molecule has 1 spiro atoms. The van der Waals surface area contributed by atoms with Crippen LogP contribution in [-0.2, 0) is 6.54 Å². The Kier molecular flexibility index (Phi) is 4.56. The third kappa shape index (κ3) is 2.97. The van der Waals surface area contributed by atoms with Gasteiger partial charge in [-0.3, -0.25) is 9.08 Å². The van der Waals surface area contributed by atoms with Crippen LogP contribution >= 0.6 is 23.4 Å². The summed E-state index contributed by atoms with van der Waals surface area (Å²) in [5.41, 5.74) is 14.7. The summed E-state index contributed by atoms with van der Waals surface area (Å²) >= 11 is 7.83. The first kappa shape index (κ1) is 19.8. The summed E-state index contributed by atoms with van der Waals surface area (Å²) < 4.78 is 4.11. The predicted molar refractivity (Wildman–Crippen MR) is 124 cm³/mol. The number of fused-ring (bicyclic) bond motifs is 2. The maximum Gasteiger partial charge on any atom is 0.154 e. The predicted octanol–water partition coefficient (Wildman–Crippen LogP) is 3.01. The molecular weight excluding hydrogens is 446 g/mol. The number of anilines is 2. The smallest absolute Gasteiger partial charge is 0.154 e. The molecule has 1 atom stereocenters. The Morgan fingerprint density at radius 1 is 1.12 bits per heavy atom. The Labute approximate surface area is 193 Å². The van der Waals surface area contributed by atoms with E-state index >= 15 is 0 Å². The van der Waals surface area contributed by atoms with E-state index in [4.69, 9.17) is 28.1 Å². The molecule has 9 nitrogen and oxygen atoms in total. The van der Waals surface area contributed by atoms with Crippen LogP contribution in [0.2, 0.25) is 5.02 Å². The van der Waals surface area contributed by atoms with E-state index in [2.05, 4.69) is 24.6 Å². The molecule has 4 aromatic rings.